The van der Waals surface area contributed by atoms with Crippen molar-refractivity contribution in [1.82, 2.24) is 14.4 Å². The molecule has 2 heterocycles. The minimum Gasteiger partial charge on any atom is -0.377 e. The van der Waals surface area contributed by atoms with Crippen LogP contribution in [-0.4, -0.2) is 25.1 Å². The first kappa shape index (κ1) is 19.8. The first-order chi connectivity index (χ1) is 15.9. The molecule has 6 atom stereocenters. The Kier molecular flexibility index (Phi) is 3.76. The molecule has 4 nitrogen and oxygen atoms in total. The molecule has 4 aliphatic rings. The van der Waals surface area contributed by atoms with Gasteiger partial charge in [0.2, 0.25) is 5.78 Å². The average molecular weight is 438 g/mol. The summed E-state index contributed by atoms with van der Waals surface area (Å²) < 4.78 is 2.17. The van der Waals surface area contributed by atoms with E-state index in [1.165, 1.54) is 12.0 Å². The Hall–Kier alpha value is -2.64. The highest BCUT2D eigenvalue weighted by Gasteiger charge is 2.63. The van der Waals surface area contributed by atoms with E-state index in [1.54, 1.807) is 5.57 Å². The first-order valence-electron chi connectivity index (χ1n) is 12.5. The van der Waals surface area contributed by atoms with Crippen molar-refractivity contribution in [3.05, 3.63) is 47.3 Å². The molecule has 0 bridgehead atoms. The third kappa shape index (κ3) is 2.37. The van der Waals surface area contributed by atoms with Crippen molar-refractivity contribution in [2.24, 2.45) is 28.6 Å². The SMILES string of the molecule is C#C[C@]1(O)CCC2C3CCC4=Cc5nc6nc7ccccc7n6cc5C[C@]4(C)C3CC[C@@]21C. The van der Waals surface area contributed by atoms with E-state index in [4.69, 9.17) is 16.4 Å². The summed E-state index contributed by atoms with van der Waals surface area (Å²) in [5.41, 5.74) is 5.20. The molecule has 4 aliphatic carbocycles. The van der Waals surface area contributed by atoms with Gasteiger partial charge in [0.05, 0.1) is 16.7 Å². The lowest BCUT2D eigenvalue weighted by Crippen LogP contribution is -2.54. The zero-order valence-corrected chi connectivity index (χ0v) is 19.5. The standard InChI is InChI=1S/C29H31N3O/c1-4-29(33)14-12-22-20-10-9-19-15-24-18(16-27(19,2)21(20)11-13-28(22,29)3)17-32-25-8-6-5-7-23(25)30-26(32)31-24/h1,5-8,15,17,20-22,33H,9-14,16H2,2-3H3/t20?,21?,22?,27-,28-,29-/m0/s1. The summed E-state index contributed by atoms with van der Waals surface area (Å²) in [6.45, 7) is 4.77. The fourth-order valence-electron chi connectivity index (χ4n) is 8.52. The average Bonchev–Trinajstić information content (AvgIpc) is 3.30. The second-order valence-corrected chi connectivity index (χ2v) is 11.6. The van der Waals surface area contributed by atoms with Gasteiger partial charge in [0, 0.05) is 11.6 Å². The lowest BCUT2D eigenvalue weighted by molar-refractivity contribution is -0.0975. The number of hydrogen-bond donors (Lipinski definition) is 1. The van der Waals surface area contributed by atoms with E-state index in [9.17, 15) is 5.11 Å². The van der Waals surface area contributed by atoms with E-state index >= 15 is 0 Å². The Morgan fingerprint density at radius 2 is 1.91 bits per heavy atom. The number of rotatable bonds is 0. The molecule has 0 spiro atoms. The molecule has 2 aromatic heterocycles. The molecule has 33 heavy (non-hydrogen) atoms. The van der Waals surface area contributed by atoms with E-state index in [0.29, 0.717) is 17.8 Å². The van der Waals surface area contributed by atoms with E-state index in [0.717, 1.165) is 61.0 Å². The Morgan fingerprint density at radius 3 is 2.76 bits per heavy atom. The molecule has 0 saturated heterocycles. The van der Waals surface area contributed by atoms with Gasteiger partial charge in [-0.1, -0.05) is 37.5 Å². The highest BCUT2D eigenvalue weighted by Crippen LogP contribution is 2.67. The Morgan fingerprint density at radius 1 is 1.09 bits per heavy atom. The smallest absolute Gasteiger partial charge is 0.235 e. The van der Waals surface area contributed by atoms with Crippen LogP contribution in [0, 0.1) is 40.9 Å². The largest absolute Gasteiger partial charge is 0.377 e. The second-order valence-electron chi connectivity index (χ2n) is 11.6. The van der Waals surface area contributed by atoms with Crippen molar-refractivity contribution in [3.63, 3.8) is 0 Å². The van der Waals surface area contributed by atoms with Crippen LogP contribution < -0.4 is 0 Å². The number of nitrogens with zero attached hydrogens (tertiary/aromatic N) is 3. The van der Waals surface area contributed by atoms with Crippen molar-refractivity contribution in [2.75, 3.05) is 0 Å². The van der Waals surface area contributed by atoms with Gasteiger partial charge in [0.1, 0.15) is 5.60 Å². The van der Waals surface area contributed by atoms with Crippen molar-refractivity contribution < 1.29 is 5.11 Å². The Bertz CT molecular complexity index is 1400. The van der Waals surface area contributed by atoms with Crippen LogP contribution in [0.5, 0.6) is 0 Å². The molecule has 0 radical (unpaired) electrons. The van der Waals surface area contributed by atoms with Gasteiger partial charge in [-0.3, -0.25) is 4.40 Å². The molecule has 4 heteroatoms. The predicted octanol–water partition coefficient (Wildman–Crippen LogP) is 5.43. The summed E-state index contributed by atoms with van der Waals surface area (Å²) in [5, 5.41) is 11.3. The van der Waals surface area contributed by atoms with Crippen LogP contribution in [0.3, 0.4) is 0 Å². The molecule has 3 fully saturated rings. The summed E-state index contributed by atoms with van der Waals surface area (Å²) in [6, 6.07) is 8.29. The number of aliphatic hydroxyl groups is 1. The zero-order chi connectivity index (χ0) is 22.6. The molecule has 0 amide bonds. The maximum Gasteiger partial charge on any atom is 0.235 e. The van der Waals surface area contributed by atoms with Crippen LogP contribution in [0.4, 0.5) is 0 Å². The first-order valence-corrected chi connectivity index (χ1v) is 12.5. The summed E-state index contributed by atoms with van der Waals surface area (Å²) in [7, 11) is 0. The number of fused-ring (bicyclic) bond motifs is 9. The molecule has 0 aliphatic heterocycles. The van der Waals surface area contributed by atoms with Crippen molar-refractivity contribution in [1.29, 1.82) is 0 Å². The normalized spacial score (nSPS) is 39.3. The van der Waals surface area contributed by atoms with Gasteiger partial charge in [-0.25, -0.2) is 9.97 Å². The lowest BCUT2D eigenvalue weighted by atomic mass is 9.46. The van der Waals surface area contributed by atoms with Crippen LogP contribution in [0.2, 0.25) is 0 Å². The molecule has 3 unspecified atom stereocenters. The van der Waals surface area contributed by atoms with Gasteiger partial charge in [-0.15, -0.1) is 6.42 Å². The molecule has 1 aromatic carbocycles. The maximum atomic E-state index is 11.3. The van der Waals surface area contributed by atoms with Crippen LogP contribution in [0.1, 0.15) is 63.6 Å². The van der Waals surface area contributed by atoms with Gasteiger partial charge in [0.15, 0.2) is 0 Å². The van der Waals surface area contributed by atoms with E-state index < -0.39 is 5.60 Å². The van der Waals surface area contributed by atoms with Gasteiger partial charge < -0.3 is 5.11 Å². The minimum absolute atomic E-state index is 0.142. The summed E-state index contributed by atoms with van der Waals surface area (Å²) >= 11 is 0. The number of para-hydroxylation sites is 2. The van der Waals surface area contributed by atoms with Crippen LogP contribution in [0.15, 0.2) is 36.0 Å². The summed E-state index contributed by atoms with van der Waals surface area (Å²) in [4.78, 5) is 9.75. The van der Waals surface area contributed by atoms with E-state index in [-0.39, 0.29) is 10.8 Å². The highest BCUT2D eigenvalue weighted by atomic mass is 16.3. The van der Waals surface area contributed by atoms with E-state index in [1.807, 2.05) is 6.07 Å². The van der Waals surface area contributed by atoms with Gasteiger partial charge in [-0.2, -0.15) is 0 Å². The minimum atomic E-state index is -0.934. The number of imidazole rings is 1. The molecule has 7 rings (SSSR count). The second kappa shape index (κ2) is 6.27. The van der Waals surface area contributed by atoms with Gasteiger partial charge in [0.25, 0.3) is 0 Å². The maximum absolute atomic E-state index is 11.3. The molecule has 3 saturated carbocycles. The third-order valence-corrected chi connectivity index (χ3v) is 10.4. The quantitative estimate of drug-likeness (QED) is 0.477. The Balaban J connectivity index is 1.31. The van der Waals surface area contributed by atoms with Crippen molar-refractivity contribution >= 4 is 22.9 Å². The van der Waals surface area contributed by atoms with Crippen molar-refractivity contribution in [3.8, 4) is 12.3 Å². The fraction of sp³-hybridized carbons (Fsp3) is 0.517. The zero-order valence-electron chi connectivity index (χ0n) is 19.5. The predicted molar refractivity (Wildman–Crippen MR) is 130 cm³/mol. The van der Waals surface area contributed by atoms with Crippen molar-refractivity contribution in [2.45, 2.75) is 64.4 Å². The summed E-state index contributed by atoms with van der Waals surface area (Å²) in [5.74, 6) is 5.40. The van der Waals surface area contributed by atoms with E-state index in [2.05, 4.69) is 54.6 Å². The topological polar surface area (TPSA) is 50.4 Å². The summed E-state index contributed by atoms with van der Waals surface area (Å²) in [6.07, 6.45) is 17.9. The molecule has 1 N–H and O–H groups in total. The monoisotopic (exact) mass is 437 g/mol. The molecular formula is C29H31N3O. The number of benzene rings is 1. The molecule has 3 aromatic rings. The number of allylic oxidation sites excluding steroid dienone is 1. The van der Waals surface area contributed by atoms with Gasteiger partial charge in [-0.05, 0) is 91.9 Å². The number of aromatic nitrogens is 3. The lowest BCUT2D eigenvalue weighted by Gasteiger charge is -2.58. The highest BCUT2D eigenvalue weighted by molar-refractivity contribution is 5.80. The molecule has 168 valence electrons. The third-order valence-electron chi connectivity index (χ3n) is 10.4. The number of hydrogen-bond acceptors (Lipinski definition) is 3. The fourth-order valence-corrected chi connectivity index (χ4v) is 8.52. The Labute approximate surface area is 195 Å². The van der Waals surface area contributed by atoms with Gasteiger partial charge >= 0.3 is 0 Å². The molecular weight excluding hydrogens is 406 g/mol. The van der Waals surface area contributed by atoms with Crippen LogP contribution >= 0.6 is 0 Å². The van der Waals surface area contributed by atoms with Crippen LogP contribution in [-0.2, 0) is 6.42 Å². The van der Waals surface area contributed by atoms with Crippen LogP contribution in [0.25, 0.3) is 22.9 Å². The number of terminal acetylenes is 1.